The number of rotatable bonds is 5. The molecule has 19 heavy (non-hydrogen) atoms. The molecule has 1 aliphatic heterocycles. The molecule has 0 aromatic carbocycles. The first-order chi connectivity index (χ1) is 9.31. The van der Waals surface area contributed by atoms with Crippen LogP contribution < -0.4 is 5.32 Å². The number of nitrogens with one attached hydrogen (secondary N) is 1. The number of likely N-dealkylation sites (N-methyl/N-ethyl adjacent to an activating group) is 1. The first-order valence-electron chi connectivity index (χ1n) is 8.77. The summed E-state index contributed by atoms with van der Waals surface area (Å²) in [4.78, 5) is 2.76. The Kier molecular flexibility index (Phi) is 4.48. The lowest BCUT2D eigenvalue weighted by molar-refractivity contribution is 0.0616. The van der Waals surface area contributed by atoms with Crippen LogP contribution in [0, 0.1) is 11.3 Å². The predicted octanol–water partition coefficient (Wildman–Crippen LogP) is 3.42. The zero-order chi connectivity index (χ0) is 13.1. The molecule has 0 radical (unpaired) electrons. The molecule has 0 aromatic rings. The first kappa shape index (κ1) is 13.9. The van der Waals surface area contributed by atoms with Crippen LogP contribution in [0.15, 0.2) is 0 Å². The van der Waals surface area contributed by atoms with Gasteiger partial charge in [-0.25, -0.2) is 0 Å². The van der Waals surface area contributed by atoms with Gasteiger partial charge in [0, 0.05) is 12.6 Å². The van der Waals surface area contributed by atoms with Gasteiger partial charge in [-0.15, -0.1) is 0 Å². The molecule has 1 unspecified atom stereocenters. The maximum absolute atomic E-state index is 3.72. The molecule has 1 N–H and O–H groups in total. The quantitative estimate of drug-likeness (QED) is 0.818. The van der Waals surface area contributed by atoms with Crippen molar-refractivity contribution in [3.63, 3.8) is 0 Å². The van der Waals surface area contributed by atoms with E-state index in [-0.39, 0.29) is 0 Å². The zero-order valence-electron chi connectivity index (χ0n) is 12.8. The van der Waals surface area contributed by atoms with Crippen LogP contribution in [0.1, 0.15) is 64.7 Å². The fraction of sp³-hybridized carbons (Fsp3) is 1.00. The lowest BCUT2D eigenvalue weighted by Gasteiger charge is -2.45. The molecule has 110 valence electrons. The second kappa shape index (κ2) is 6.13. The average molecular weight is 264 g/mol. The highest BCUT2D eigenvalue weighted by Gasteiger charge is 2.37. The number of piperidine rings is 1. The molecule has 0 bridgehead atoms. The SMILES string of the molecule is CCNC(CN1CCC2(CCCCC2)CC1)C1CC1. The van der Waals surface area contributed by atoms with Gasteiger partial charge in [0.1, 0.15) is 0 Å². The van der Waals surface area contributed by atoms with E-state index in [2.05, 4.69) is 17.1 Å². The highest BCUT2D eigenvalue weighted by Crippen LogP contribution is 2.44. The third-order valence-corrected chi connectivity index (χ3v) is 5.94. The second-order valence-electron chi connectivity index (χ2n) is 7.36. The highest BCUT2D eigenvalue weighted by atomic mass is 15.2. The number of likely N-dealkylation sites (tertiary alicyclic amines) is 1. The van der Waals surface area contributed by atoms with Gasteiger partial charge < -0.3 is 10.2 Å². The van der Waals surface area contributed by atoms with Gasteiger partial charge in [-0.3, -0.25) is 0 Å². The molecule has 0 aromatic heterocycles. The van der Waals surface area contributed by atoms with E-state index in [4.69, 9.17) is 0 Å². The van der Waals surface area contributed by atoms with Gasteiger partial charge in [-0.05, 0) is 69.5 Å². The highest BCUT2D eigenvalue weighted by molar-refractivity contribution is 4.92. The topological polar surface area (TPSA) is 15.3 Å². The smallest absolute Gasteiger partial charge is 0.0223 e. The molecule has 1 atom stereocenters. The standard InChI is InChI=1S/C17H32N2/c1-2-18-16(15-6-7-15)14-19-12-10-17(11-13-19)8-4-3-5-9-17/h15-16,18H,2-14H2,1H3. The minimum atomic E-state index is 0.766. The molecule has 2 nitrogen and oxygen atoms in total. The van der Waals surface area contributed by atoms with Gasteiger partial charge >= 0.3 is 0 Å². The molecular formula is C17H32N2. The summed E-state index contributed by atoms with van der Waals surface area (Å²) in [6, 6.07) is 0.783. The first-order valence-corrected chi connectivity index (χ1v) is 8.77. The Labute approximate surface area is 119 Å². The van der Waals surface area contributed by atoms with Crippen molar-refractivity contribution in [2.24, 2.45) is 11.3 Å². The van der Waals surface area contributed by atoms with E-state index in [1.165, 1.54) is 77.4 Å². The van der Waals surface area contributed by atoms with Crippen molar-refractivity contribution in [2.45, 2.75) is 70.8 Å². The summed E-state index contributed by atoms with van der Waals surface area (Å²) in [5.74, 6) is 0.991. The fourth-order valence-electron chi connectivity index (χ4n) is 4.43. The van der Waals surface area contributed by atoms with E-state index in [9.17, 15) is 0 Å². The molecule has 1 spiro atoms. The normalized spacial score (nSPS) is 29.5. The third kappa shape index (κ3) is 3.52. The van der Waals surface area contributed by atoms with Crippen LogP contribution in [0.5, 0.6) is 0 Å². The van der Waals surface area contributed by atoms with Gasteiger partial charge in [-0.1, -0.05) is 26.2 Å². The minimum absolute atomic E-state index is 0.766. The van der Waals surface area contributed by atoms with Crippen molar-refractivity contribution < 1.29 is 0 Å². The van der Waals surface area contributed by atoms with Gasteiger partial charge in [-0.2, -0.15) is 0 Å². The van der Waals surface area contributed by atoms with E-state index in [0.717, 1.165) is 23.9 Å². The lowest BCUT2D eigenvalue weighted by Crippen LogP contribution is -2.47. The molecule has 1 heterocycles. The Morgan fingerprint density at radius 3 is 2.32 bits per heavy atom. The summed E-state index contributed by atoms with van der Waals surface area (Å²) in [5, 5.41) is 3.72. The van der Waals surface area contributed by atoms with Crippen LogP contribution in [-0.4, -0.2) is 37.1 Å². The minimum Gasteiger partial charge on any atom is -0.313 e. The van der Waals surface area contributed by atoms with Crippen LogP contribution in [0.2, 0.25) is 0 Å². The van der Waals surface area contributed by atoms with Crippen LogP contribution in [-0.2, 0) is 0 Å². The van der Waals surface area contributed by atoms with E-state index in [1.807, 2.05) is 0 Å². The lowest BCUT2D eigenvalue weighted by atomic mass is 9.68. The van der Waals surface area contributed by atoms with Crippen molar-refractivity contribution in [2.75, 3.05) is 26.2 Å². The van der Waals surface area contributed by atoms with Crippen molar-refractivity contribution in [3.05, 3.63) is 0 Å². The Balaban J connectivity index is 1.46. The van der Waals surface area contributed by atoms with E-state index in [0.29, 0.717) is 0 Å². The molecule has 2 heteroatoms. The largest absolute Gasteiger partial charge is 0.313 e. The van der Waals surface area contributed by atoms with Gasteiger partial charge in [0.15, 0.2) is 0 Å². The summed E-state index contributed by atoms with van der Waals surface area (Å²) < 4.78 is 0. The maximum Gasteiger partial charge on any atom is 0.0223 e. The average Bonchev–Trinajstić information content (AvgIpc) is 3.26. The monoisotopic (exact) mass is 264 g/mol. The van der Waals surface area contributed by atoms with Gasteiger partial charge in [0.2, 0.25) is 0 Å². The van der Waals surface area contributed by atoms with Crippen LogP contribution in [0.4, 0.5) is 0 Å². The summed E-state index contributed by atoms with van der Waals surface area (Å²) in [5.41, 5.74) is 0.766. The predicted molar refractivity (Wildman–Crippen MR) is 81.4 cm³/mol. The van der Waals surface area contributed by atoms with Crippen molar-refractivity contribution in [3.8, 4) is 0 Å². The summed E-state index contributed by atoms with van der Waals surface area (Å²) >= 11 is 0. The molecule has 3 fully saturated rings. The Morgan fingerprint density at radius 2 is 1.74 bits per heavy atom. The van der Waals surface area contributed by atoms with Crippen molar-refractivity contribution in [1.82, 2.24) is 10.2 Å². The zero-order valence-corrected chi connectivity index (χ0v) is 12.8. The molecule has 2 saturated carbocycles. The molecule has 1 saturated heterocycles. The number of hydrogen-bond donors (Lipinski definition) is 1. The molecule has 3 aliphatic rings. The van der Waals surface area contributed by atoms with Gasteiger partial charge in [0.05, 0.1) is 0 Å². The van der Waals surface area contributed by atoms with Crippen LogP contribution >= 0.6 is 0 Å². The maximum atomic E-state index is 3.72. The molecular weight excluding hydrogens is 232 g/mol. The van der Waals surface area contributed by atoms with Crippen molar-refractivity contribution >= 4 is 0 Å². The summed E-state index contributed by atoms with van der Waals surface area (Å²) in [6.45, 7) is 7.44. The van der Waals surface area contributed by atoms with E-state index in [1.54, 1.807) is 0 Å². The number of nitrogens with zero attached hydrogens (tertiary/aromatic N) is 1. The third-order valence-electron chi connectivity index (χ3n) is 5.94. The molecule has 2 aliphatic carbocycles. The Bertz CT molecular complexity index is 269. The Hall–Kier alpha value is -0.0800. The van der Waals surface area contributed by atoms with Gasteiger partial charge in [0.25, 0.3) is 0 Å². The van der Waals surface area contributed by atoms with Crippen LogP contribution in [0.25, 0.3) is 0 Å². The van der Waals surface area contributed by atoms with E-state index < -0.39 is 0 Å². The summed E-state index contributed by atoms with van der Waals surface area (Å²) in [6.07, 6.45) is 13.5. The fourth-order valence-corrected chi connectivity index (χ4v) is 4.43. The van der Waals surface area contributed by atoms with E-state index >= 15 is 0 Å². The molecule has 3 rings (SSSR count). The van der Waals surface area contributed by atoms with Crippen LogP contribution in [0.3, 0.4) is 0 Å². The Morgan fingerprint density at radius 1 is 1.05 bits per heavy atom. The number of hydrogen-bond acceptors (Lipinski definition) is 2. The summed E-state index contributed by atoms with van der Waals surface area (Å²) in [7, 11) is 0. The second-order valence-corrected chi connectivity index (χ2v) is 7.36. The molecule has 0 amide bonds. The van der Waals surface area contributed by atoms with Crippen molar-refractivity contribution in [1.29, 1.82) is 0 Å².